The first-order chi connectivity index (χ1) is 9.04. The van der Waals surface area contributed by atoms with Gasteiger partial charge in [-0.1, -0.05) is 18.2 Å². The summed E-state index contributed by atoms with van der Waals surface area (Å²) in [6.07, 6.45) is 2.45. The molecular formula is C14H16O5. The maximum Gasteiger partial charge on any atom is 0.344 e. The van der Waals surface area contributed by atoms with E-state index in [0.29, 0.717) is 17.9 Å². The fourth-order valence-corrected chi connectivity index (χ4v) is 1.50. The summed E-state index contributed by atoms with van der Waals surface area (Å²) in [5.74, 6) is -1.02. The number of carbonyl (C=O) groups is 2. The molecule has 0 amide bonds. The minimum absolute atomic E-state index is 0.202. The van der Waals surface area contributed by atoms with Gasteiger partial charge < -0.3 is 14.6 Å². The number of aryl methyl sites for hydroxylation is 1. The largest absolute Gasteiger partial charge is 0.481 e. The van der Waals surface area contributed by atoms with Crippen LogP contribution in [0.1, 0.15) is 18.1 Å². The van der Waals surface area contributed by atoms with Crippen LogP contribution in [0.2, 0.25) is 0 Å². The molecule has 0 heterocycles. The second kappa shape index (κ2) is 7.20. The topological polar surface area (TPSA) is 72.8 Å². The van der Waals surface area contributed by atoms with Gasteiger partial charge >= 0.3 is 11.9 Å². The van der Waals surface area contributed by atoms with E-state index in [-0.39, 0.29) is 6.61 Å². The van der Waals surface area contributed by atoms with Gasteiger partial charge in [0.15, 0.2) is 6.61 Å². The number of ether oxygens (including phenoxy) is 2. The Morgan fingerprint density at radius 1 is 1.37 bits per heavy atom. The van der Waals surface area contributed by atoms with Gasteiger partial charge in [0.2, 0.25) is 0 Å². The van der Waals surface area contributed by atoms with Crippen molar-refractivity contribution in [2.45, 2.75) is 13.8 Å². The van der Waals surface area contributed by atoms with Crippen LogP contribution in [0.3, 0.4) is 0 Å². The summed E-state index contributed by atoms with van der Waals surface area (Å²) in [5.41, 5.74) is 1.42. The summed E-state index contributed by atoms with van der Waals surface area (Å²) in [7, 11) is 0. The first-order valence-electron chi connectivity index (χ1n) is 5.83. The molecule has 0 bridgehead atoms. The zero-order valence-corrected chi connectivity index (χ0v) is 10.9. The first-order valence-corrected chi connectivity index (χ1v) is 5.83. The lowest BCUT2D eigenvalue weighted by Gasteiger charge is -2.11. The average molecular weight is 264 g/mol. The predicted octanol–water partition coefficient (Wildman–Crippen LogP) is 2.03. The van der Waals surface area contributed by atoms with Crippen LogP contribution in [0.25, 0.3) is 6.08 Å². The van der Waals surface area contributed by atoms with Crippen LogP contribution in [-0.4, -0.2) is 30.3 Å². The van der Waals surface area contributed by atoms with Gasteiger partial charge in [0.05, 0.1) is 6.61 Å². The SMILES string of the molecule is CCOC(=O)COc1c(C)cccc1/C=C/C(=O)O. The van der Waals surface area contributed by atoms with Gasteiger partial charge in [0.1, 0.15) is 5.75 Å². The molecule has 0 fully saturated rings. The van der Waals surface area contributed by atoms with E-state index >= 15 is 0 Å². The molecule has 1 aromatic carbocycles. The highest BCUT2D eigenvalue weighted by Crippen LogP contribution is 2.24. The summed E-state index contributed by atoms with van der Waals surface area (Å²) in [6.45, 7) is 3.62. The third-order valence-corrected chi connectivity index (χ3v) is 2.29. The highest BCUT2D eigenvalue weighted by Gasteiger charge is 2.08. The van der Waals surface area contributed by atoms with Gasteiger partial charge in [0, 0.05) is 11.6 Å². The molecule has 1 N–H and O–H groups in total. The lowest BCUT2D eigenvalue weighted by atomic mass is 10.1. The zero-order valence-electron chi connectivity index (χ0n) is 10.9. The molecule has 0 saturated heterocycles. The molecule has 0 aliphatic heterocycles. The first kappa shape index (κ1) is 14.8. The Hall–Kier alpha value is -2.30. The molecule has 0 unspecified atom stereocenters. The molecule has 1 aromatic rings. The van der Waals surface area contributed by atoms with Crippen LogP contribution in [0.4, 0.5) is 0 Å². The van der Waals surface area contributed by atoms with Crippen molar-refractivity contribution in [3.8, 4) is 5.75 Å². The van der Waals surface area contributed by atoms with Crippen molar-refractivity contribution in [1.82, 2.24) is 0 Å². The van der Waals surface area contributed by atoms with E-state index in [1.165, 1.54) is 6.08 Å². The lowest BCUT2D eigenvalue weighted by Crippen LogP contribution is -2.15. The molecule has 102 valence electrons. The molecule has 0 atom stereocenters. The fourth-order valence-electron chi connectivity index (χ4n) is 1.50. The summed E-state index contributed by atoms with van der Waals surface area (Å²) >= 11 is 0. The summed E-state index contributed by atoms with van der Waals surface area (Å²) in [4.78, 5) is 21.8. The normalized spacial score (nSPS) is 10.4. The minimum Gasteiger partial charge on any atom is -0.481 e. The Morgan fingerprint density at radius 2 is 2.11 bits per heavy atom. The molecule has 0 saturated carbocycles. The summed E-state index contributed by atoms with van der Waals surface area (Å²) in [6, 6.07) is 5.32. The second-order valence-electron chi connectivity index (χ2n) is 3.76. The number of hydrogen-bond donors (Lipinski definition) is 1. The van der Waals surface area contributed by atoms with Crippen LogP contribution < -0.4 is 4.74 Å². The van der Waals surface area contributed by atoms with Crippen molar-refractivity contribution >= 4 is 18.0 Å². The van der Waals surface area contributed by atoms with Gasteiger partial charge in [-0.2, -0.15) is 0 Å². The third-order valence-electron chi connectivity index (χ3n) is 2.29. The highest BCUT2D eigenvalue weighted by atomic mass is 16.6. The van der Waals surface area contributed by atoms with Gasteiger partial charge in [-0.15, -0.1) is 0 Å². The second-order valence-corrected chi connectivity index (χ2v) is 3.76. The fraction of sp³-hybridized carbons (Fsp3) is 0.286. The maximum absolute atomic E-state index is 11.2. The van der Waals surface area contributed by atoms with Crippen LogP contribution in [0.15, 0.2) is 24.3 Å². The smallest absolute Gasteiger partial charge is 0.344 e. The molecule has 1 rings (SSSR count). The predicted molar refractivity (Wildman–Crippen MR) is 70.0 cm³/mol. The van der Waals surface area contributed by atoms with Crippen molar-refractivity contribution in [2.75, 3.05) is 13.2 Å². The van der Waals surface area contributed by atoms with Gasteiger partial charge in [-0.05, 0) is 25.5 Å². The number of carbonyl (C=O) groups excluding carboxylic acids is 1. The molecule has 0 aliphatic carbocycles. The molecule has 5 nitrogen and oxygen atoms in total. The Balaban J connectivity index is 2.86. The third kappa shape index (κ3) is 4.83. The number of hydrogen-bond acceptors (Lipinski definition) is 4. The van der Waals surface area contributed by atoms with Crippen molar-refractivity contribution in [1.29, 1.82) is 0 Å². The van der Waals surface area contributed by atoms with E-state index in [1.54, 1.807) is 19.1 Å². The molecule has 0 aliphatic rings. The monoisotopic (exact) mass is 264 g/mol. The number of benzene rings is 1. The summed E-state index contributed by atoms with van der Waals surface area (Å²) < 4.78 is 10.2. The summed E-state index contributed by atoms with van der Waals surface area (Å²) in [5, 5.41) is 8.62. The Morgan fingerprint density at radius 3 is 2.74 bits per heavy atom. The zero-order chi connectivity index (χ0) is 14.3. The maximum atomic E-state index is 11.2. The van der Waals surface area contributed by atoms with E-state index < -0.39 is 11.9 Å². The number of carboxylic acids is 1. The van der Waals surface area contributed by atoms with Crippen LogP contribution >= 0.6 is 0 Å². The molecule has 0 spiro atoms. The van der Waals surface area contributed by atoms with Crippen molar-refractivity contribution in [3.63, 3.8) is 0 Å². The molecule has 0 aromatic heterocycles. The Labute approximate surface area is 111 Å². The van der Waals surface area contributed by atoms with E-state index in [4.69, 9.17) is 14.6 Å². The van der Waals surface area contributed by atoms with E-state index in [0.717, 1.165) is 11.6 Å². The average Bonchev–Trinajstić information content (AvgIpc) is 2.35. The minimum atomic E-state index is -1.04. The van der Waals surface area contributed by atoms with E-state index in [1.807, 2.05) is 13.0 Å². The molecular weight excluding hydrogens is 248 g/mol. The number of esters is 1. The quantitative estimate of drug-likeness (QED) is 0.628. The van der Waals surface area contributed by atoms with Crippen LogP contribution in [0, 0.1) is 6.92 Å². The van der Waals surface area contributed by atoms with E-state index in [9.17, 15) is 9.59 Å². The number of para-hydroxylation sites is 1. The van der Waals surface area contributed by atoms with E-state index in [2.05, 4.69) is 0 Å². The number of rotatable bonds is 6. The van der Waals surface area contributed by atoms with Crippen molar-refractivity contribution < 1.29 is 24.2 Å². The number of aliphatic carboxylic acids is 1. The van der Waals surface area contributed by atoms with Crippen molar-refractivity contribution in [3.05, 3.63) is 35.4 Å². The lowest BCUT2D eigenvalue weighted by molar-refractivity contribution is -0.145. The Kier molecular flexibility index (Phi) is 5.60. The van der Waals surface area contributed by atoms with Gasteiger partial charge in [-0.3, -0.25) is 0 Å². The van der Waals surface area contributed by atoms with Crippen LogP contribution in [-0.2, 0) is 14.3 Å². The Bertz CT molecular complexity index is 491. The van der Waals surface area contributed by atoms with Gasteiger partial charge in [-0.25, -0.2) is 9.59 Å². The number of carboxylic acid groups (broad SMARTS) is 1. The standard InChI is InChI=1S/C14H16O5/c1-3-18-13(17)9-19-14-10(2)5-4-6-11(14)7-8-12(15)16/h4-8H,3,9H2,1-2H3,(H,15,16)/b8-7+. The molecule has 5 heteroatoms. The molecule has 19 heavy (non-hydrogen) atoms. The molecule has 0 radical (unpaired) electrons. The highest BCUT2D eigenvalue weighted by molar-refractivity contribution is 5.86. The van der Waals surface area contributed by atoms with Gasteiger partial charge in [0.25, 0.3) is 0 Å². The van der Waals surface area contributed by atoms with Crippen LogP contribution in [0.5, 0.6) is 5.75 Å². The van der Waals surface area contributed by atoms with Crippen molar-refractivity contribution in [2.24, 2.45) is 0 Å².